The molecule has 0 saturated heterocycles. The van der Waals surface area contributed by atoms with Gasteiger partial charge in [-0.3, -0.25) is 9.78 Å². The van der Waals surface area contributed by atoms with Crippen LogP contribution in [0.1, 0.15) is 37.9 Å². The van der Waals surface area contributed by atoms with E-state index >= 15 is 0 Å². The molecule has 0 bridgehead atoms. The molecule has 0 radical (unpaired) electrons. The molecule has 0 spiro atoms. The zero-order chi connectivity index (χ0) is 15.9. The summed E-state index contributed by atoms with van der Waals surface area (Å²) in [5.74, 6) is 0.0272. The highest BCUT2D eigenvalue weighted by Gasteiger charge is 2.10. The van der Waals surface area contributed by atoms with E-state index in [0.717, 1.165) is 11.1 Å². The maximum absolute atomic E-state index is 12.1. The Morgan fingerprint density at radius 1 is 1.09 bits per heavy atom. The number of hydrogen-bond donors (Lipinski definition) is 1. The third-order valence-electron chi connectivity index (χ3n) is 3.24. The van der Waals surface area contributed by atoms with Crippen LogP contribution in [0.5, 0.6) is 0 Å². The molecule has 1 aromatic heterocycles. The first-order valence-electron chi connectivity index (χ1n) is 7.49. The molecule has 3 nitrogen and oxygen atoms in total. The highest BCUT2D eigenvalue weighted by molar-refractivity contribution is 7.99. The molecule has 0 saturated carbocycles. The monoisotopic (exact) mass is 314 g/mol. The molecule has 1 aromatic carbocycles. The summed E-state index contributed by atoms with van der Waals surface area (Å²) < 4.78 is 0. The Kier molecular flexibility index (Phi) is 6.01. The van der Waals surface area contributed by atoms with Gasteiger partial charge in [0.15, 0.2) is 0 Å². The lowest BCUT2D eigenvalue weighted by Gasteiger charge is -2.15. The van der Waals surface area contributed by atoms with Crippen molar-refractivity contribution in [2.24, 2.45) is 0 Å². The van der Waals surface area contributed by atoms with Crippen molar-refractivity contribution < 1.29 is 4.79 Å². The highest BCUT2D eigenvalue weighted by atomic mass is 32.2. The van der Waals surface area contributed by atoms with E-state index in [9.17, 15) is 4.79 Å². The van der Waals surface area contributed by atoms with Gasteiger partial charge in [0.1, 0.15) is 0 Å². The lowest BCUT2D eigenvalue weighted by molar-refractivity contribution is -0.121. The highest BCUT2D eigenvalue weighted by Crippen LogP contribution is 2.24. The van der Waals surface area contributed by atoms with Crippen molar-refractivity contribution in [3.8, 4) is 0 Å². The Morgan fingerprint density at radius 3 is 2.32 bits per heavy atom. The Hall–Kier alpha value is -1.81. The number of thioether (sulfide) groups is 1. The normalized spacial score (nSPS) is 12.2. The van der Waals surface area contributed by atoms with Gasteiger partial charge in [0.2, 0.25) is 5.91 Å². The van der Waals surface area contributed by atoms with Crippen LogP contribution in [-0.4, -0.2) is 16.1 Å². The Bertz CT molecular complexity index is 596. The summed E-state index contributed by atoms with van der Waals surface area (Å²) in [7, 11) is 0. The van der Waals surface area contributed by atoms with Crippen molar-refractivity contribution in [1.29, 1.82) is 0 Å². The number of carbonyl (C=O) groups is 1. The molecule has 1 heterocycles. The molecule has 22 heavy (non-hydrogen) atoms. The maximum atomic E-state index is 12.1. The average molecular weight is 314 g/mol. The third kappa shape index (κ3) is 5.19. The van der Waals surface area contributed by atoms with Crippen LogP contribution >= 0.6 is 11.8 Å². The van der Waals surface area contributed by atoms with Gasteiger partial charge in [-0.1, -0.05) is 26.0 Å². The van der Waals surface area contributed by atoms with Crippen LogP contribution in [0, 0.1) is 0 Å². The molecule has 1 N–H and O–H groups in total. The Labute approximate surface area is 136 Å². The molecule has 0 unspecified atom stereocenters. The summed E-state index contributed by atoms with van der Waals surface area (Å²) in [5, 5.41) is 3.61. The molecule has 1 amide bonds. The van der Waals surface area contributed by atoms with Crippen molar-refractivity contribution >= 4 is 17.7 Å². The van der Waals surface area contributed by atoms with E-state index in [1.54, 1.807) is 12.4 Å². The number of rotatable bonds is 6. The van der Waals surface area contributed by atoms with Crippen LogP contribution in [0.2, 0.25) is 0 Å². The molecule has 2 rings (SSSR count). The summed E-state index contributed by atoms with van der Waals surface area (Å²) in [4.78, 5) is 17.3. The maximum Gasteiger partial charge on any atom is 0.224 e. The van der Waals surface area contributed by atoms with Gasteiger partial charge in [-0.05, 0) is 42.3 Å². The van der Waals surface area contributed by atoms with Gasteiger partial charge in [0.25, 0.3) is 0 Å². The van der Waals surface area contributed by atoms with Crippen LogP contribution < -0.4 is 5.32 Å². The van der Waals surface area contributed by atoms with Crippen LogP contribution in [0.4, 0.5) is 0 Å². The molecular weight excluding hydrogens is 292 g/mol. The first kappa shape index (κ1) is 16.6. The molecule has 0 aliphatic rings. The van der Waals surface area contributed by atoms with Gasteiger partial charge in [-0.15, -0.1) is 11.8 Å². The van der Waals surface area contributed by atoms with Crippen LogP contribution in [0.3, 0.4) is 0 Å². The van der Waals surface area contributed by atoms with Gasteiger partial charge in [-0.2, -0.15) is 0 Å². The zero-order valence-corrected chi connectivity index (χ0v) is 14.1. The third-order valence-corrected chi connectivity index (χ3v) is 4.26. The second-order valence-corrected chi connectivity index (χ2v) is 7.21. The fraction of sp³-hybridized carbons (Fsp3) is 0.333. The second-order valence-electron chi connectivity index (χ2n) is 5.56. The first-order valence-corrected chi connectivity index (χ1v) is 8.37. The lowest BCUT2D eigenvalue weighted by Crippen LogP contribution is -2.28. The fourth-order valence-electron chi connectivity index (χ4n) is 2.17. The van der Waals surface area contributed by atoms with E-state index in [1.807, 2.05) is 30.8 Å². The number of hydrogen-bond acceptors (Lipinski definition) is 3. The van der Waals surface area contributed by atoms with E-state index in [0.29, 0.717) is 11.7 Å². The van der Waals surface area contributed by atoms with E-state index in [4.69, 9.17) is 0 Å². The Morgan fingerprint density at radius 2 is 1.73 bits per heavy atom. The van der Waals surface area contributed by atoms with Crippen LogP contribution in [0.25, 0.3) is 0 Å². The lowest BCUT2D eigenvalue weighted by atomic mass is 10.1. The molecule has 1 atom stereocenters. The quantitative estimate of drug-likeness (QED) is 0.819. The summed E-state index contributed by atoms with van der Waals surface area (Å²) in [6.45, 7) is 6.37. The fourth-order valence-corrected chi connectivity index (χ4v) is 3.01. The largest absolute Gasteiger partial charge is 0.349 e. The topological polar surface area (TPSA) is 42.0 Å². The number of amides is 1. The van der Waals surface area contributed by atoms with Gasteiger partial charge < -0.3 is 5.32 Å². The number of benzene rings is 1. The SMILES string of the molecule is CC(C)Sc1ccc([C@H](C)NC(=O)Cc2ccncc2)cc1. The zero-order valence-electron chi connectivity index (χ0n) is 13.2. The first-order chi connectivity index (χ1) is 10.5. The van der Waals surface area contributed by atoms with Crippen molar-refractivity contribution in [3.05, 3.63) is 59.9 Å². The summed E-state index contributed by atoms with van der Waals surface area (Å²) in [6.07, 6.45) is 3.79. The second kappa shape index (κ2) is 7.99. The smallest absolute Gasteiger partial charge is 0.224 e. The number of carbonyl (C=O) groups excluding carboxylic acids is 1. The summed E-state index contributed by atoms with van der Waals surface area (Å²) in [6, 6.07) is 12.1. The van der Waals surface area contributed by atoms with Crippen molar-refractivity contribution in [2.75, 3.05) is 0 Å². The molecular formula is C18H22N2OS. The molecule has 0 aliphatic carbocycles. The molecule has 116 valence electrons. The van der Waals surface area contributed by atoms with Gasteiger partial charge >= 0.3 is 0 Å². The van der Waals surface area contributed by atoms with Crippen LogP contribution in [0.15, 0.2) is 53.7 Å². The predicted molar refractivity (Wildman–Crippen MR) is 91.9 cm³/mol. The summed E-state index contributed by atoms with van der Waals surface area (Å²) in [5.41, 5.74) is 2.10. The van der Waals surface area contributed by atoms with E-state index in [1.165, 1.54) is 4.90 Å². The van der Waals surface area contributed by atoms with Crippen molar-refractivity contribution in [2.45, 2.75) is 43.4 Å². The Balaban J connectivity index is 1.91. The minimum Gasteiger partial charge on any atom is -0.349 e. The number of aromatic nitrogens is 1. The summed E-state index contributed by atoms with van der Waals surface area (Å²) >= 11 is 1.84. The molecule has 4 heteroatoms. The molecule has 0 fully saturated rings. The minimum absolute atomic E-state index is 0.00689. The standard InChI is InChI=1S/C18H22N2OS/c1-13(2)22-17-6-4-16(5-7-17)14(3)20-18(21)12-15-8-10-19-11-9-15/h4-11,13-14H,12H2,1-3H3,(H,20,21)/t14-/m0/s1. The average Bonchev–Trinajstić information content (AvgIpc) is 2.48. The van der Waals surface area contributed by atoms with Crippen LogP contribution in [-0.2, 0) is 11.2 Å². The van der Waals surface area contributed by atoms with E-state index < -0.39 is 0 Å². The predicted octanol–water partition coefficient (Wildman–Crippen LogP) is 4.00. The van der Waals surface area contributed by atoms with Gasteiger partial charge in [0.05, 0.1) is 12.5 Å². The van der Waals surface area contributed by atoms with E-state index in [2.05, 4.69) is 48.4 Å². The van der Waals surface area contributed by atoms with E-state index in [-0.39, 0.29) is 11.9 Å². The molecule has 2 aromatic rings. The number of nitrogens with zero attached hydrogens (tertiary/aromatic N) is 1. The number of pyridine rings is 1. The number of nitrogens with one attached hydrogen (secondary N) is 1. The van der Waals surface area contributed by atoms with Gasteiger partial charge in [0, 0.05) is 22.5 Å². The van der Waals surface area contributed by atoms with Crippen molar-refractivity contribution in [3.63, 3.8) is 0 Å². The van der Waals surface area contributed by atoms with Gasteiger partial charge in [-0.25, -0.2) is 0 Å². The minimum atomic E-state index is 0.00689. The molecule has 0 aliphatic heterocycles. The van der Waals surface area contributed by atoms with Crippen molar-refractivity contribution in [1.82, 2.24) is 10.3 Å².